The van der Waals surface area contributed by atoms with Gasteiger partial charge in [-0.2, -0.15) is 0 Å². The zero-order chi connectivity index (χ0) is 11.7. The van der Waals surface area contributed by atoms with Crippen molar-refractivity contribution < 1.29 is 9.52 Å². The third-order valence-corrected chi connectivity index (χ3v) is 3.19. The lowest BCUT2D eigenvalue weighted by atomic mass is 10.2. The van der Waals surface area contributed by atoms with E-state index >= 15 is 0 Å². The number of rotatable bonds is 2. The fourth-order valence-corrected chi connectivity index (χ4v) is 2.28. The molecule has 0 aliphatic carbocycles. The van der Waals surface area contributed by atoms with E-state index in [0.717, 1.165) is 37.1 Å². The maximum atomic E-state index is 9.04. The summed E-state index contributed by atoms with van der Waals surface area (Å²) in [6.07, 6.45) is 0. The Morgan fingerprint density at radius 1 is 1.24 bits per heavy atom. The molecule has 0 unspecified atom stereocenters. The second-order valence-corrected chi connectivity index (χ2v) is 4.33. The van der Waals surface area contributed by atoms with Crippen LogP contribution >= 0.6 is 0 Å². The first-order valence-corrected chi connectivity index (χ1v) is 5.96. The van der Waals surface area contributed by atoms with Crippen LogP contribution in [0, 0.1) is 0 Å². The molecule has 0 bridgehead atoms. The van der Waals surface area contributed by atoms with Crippen molar-refractivity contribution in [1.82, 2.24) is 5.32 Å². The number of hydrogen-bond acceptors (Lipinski definition) is 4. The molecule has 0 radical (unpaired) electrons. The molecule has 1 aromatic heterocycles. The number of benzene rings is 1. The number of aliphatic hydroxyl groups is 1. The average molecular weight is 232 g/mol. The Bertz CT molecular complexity index is 515. The van der Waals surface area contributed by atoms with Crippen molar-refractivity contribution in [3.63, 3.8) is 0 Å². The van der Waals surface area contributed by atoms with E-state index in [-0.39, 0.29) is 6.61 Å². The van der Waals surface area contributed by atoms with Crippen molar-refractivity contribution >= 4 is 16.7 Å². The summed E-state index contributed by atoms with van der Waals surface area (Å²) in [5.74, 6) is 0.623. The zero-order valence-corrected chi connectivity index (χ0v) is 9.65. The minimum Gasteiger partial charge on any atom is -0.459 e. The monoisotopic (exact) mass is 232 g/mol. The van der Waals surface area contributed by atoms with Crippen LogP contribution in [0.5, 0.6) is 0 Å². The zero-order valence-electron chi connectivity index (χ0n) is 9.65. The Balaban J connectivity index is 1.94. The third-order valence-electron chi connectivity index (χ3n) is 3.19. The second kappa shape index (κ2) is 4.39. The molecule has 4 nitrogen and oxygen atoms in total. The molecule has 0 saturated carbocycles. The van der Waals surface area contributed by atoms with Crippen molar-refractivity contribution in [2.45, 2.75) is 6.61 Å². The Morgan fingerprint density at radius 3 is 2.82 bits per heavy atom. The molecule has 1 saturated heterocycles. The molecule has 17 heavy (non-hydrogen) atoms. The number of aliphatic hydroxyl groups excluding tert-OH is 1. The molecule has 2 aromatic rings. The highest BCUT2D eigenvalue weighted by Crippen LogP contribution is 2.25. The number of piperazine rings is 1. The molecule has 4 heteroatoms. The van der Waals surface area contributed by atoms with E-state index in [1.165, 1.54) is 5.69 Å². The summed E-state index contributed by atoms with van der Waals surface area (Å²) in [6, 6.07) is 8.09. The van der Waals surface area contributed by atoms with Crippen LogP contribution in [0.4, 0.5) is 5.69 Å². The fourth-order valence-electron chi connectivity index (χ4n) is 2.28. The van der Waals surface area contributed by atoms with Crippen LogP contribution in [0.25, 0.3) is 11.0 Å². The summed E-state index contributed by atoms with van der Waals surface area (Å²) in [5, 5.41) is 13.4. The van der Waals surface area contributed by atoms with Crippen molar-refractivity contribution in [3.8, 4) is 0 Å². The summed E-state index contributed by atoms with van der Waals surface area (Å²) < 4.78 is 5.48. The van der Waals surface area contributed by atoms with E-state index in [0.29, 0.717) is 5.76 Å². The lowest BCUT2D eigenvalue weighted by Gasteiger charge is -2.29. The van der Waals surface area contributed by atoms with Gasteiger partial charge in [-0.3, -0.25) is 0 Å². The minimum atomic E-state index is -0.0440. The van der Waals surface area contributed by atoms with E-state index in [2.05, 4.69) is 22.3 Å². The van der Waals surface area contributed by atoms with Crippen molar-refractivity contribution in [1.29, 1.82) is 0 Å². The summed E-state index contributed by atoms with van der Waals surface area (Å²) in [5.41, 5.74) is 2.07. The van der Waals surface area contributed by atoms with Gasteiger partial charge in [0.05, 0.1) is 0 Å². The van der Waals surface area contributed by atoms with E-state index in [1.807, 2.05) is 12.1 Å². The van der Waals surface area contributed by atoms with E-state index in [1.54, 1.807) is 0 Å². The molecular weight excluding hydrogens is 216 g/mol. The molecule has 0 spiro atoms. The molecule has 2 N–H and O–H groups in total. The molecular formula is C13H16N2O2. The van der Waals surface area contributed by atoms with Gasteiger partial charge in [0.15, 0.2) is 0 Å². The van der Waals surface area contributed by atoms with Crippen molar-refractivity contribution in [2.24, 2.45) is 0 Å². The smallest absolute Gasteiger partial charge is 0.134 e. The number of hydrogen-bond donors (Lipinski definition) is 2. The Hall–Kier alpha value is -1.52. The number of fused-ring (bicyclic) bond motifs is 1. The van der Waals surface area contributed by atoms with E-state index < -0.39 is 0 Å². The van der Waals surface area contributed by atoms with Crippen LogP contribution < -0.4 is 10.2 Å². The topological polar surface area (TPSA) is 48.6 Å². The fraction of sp³-hybridized carbons (Fsp3) is 0.385. The highest BCUT2D eigenvalue weighted by atomic mass is 16.4. The molecule has 3 rings (SSSR count). The van der Waals surface area contributed by atoms with Gasteiger partial charge < -0.3 is 19.7 Å². The molecule has 0 amide bonds. The number of furan rings is 1. The lowest BCUT2D eigenvalue weighted by Crippen LogP contribution is -2.43. The standard InChI is InChI=1S/C13H16N2O2/c16-9-12-8-10-7-11(1-2-13(10)17-12)15-5-3-14-4-6-15/h1-2,7-8,14,16H,3-6,9H2. The Kier molecular flexibility index (Phi) is 2.74. The first-order chi connectivity index (χ1) is 8.36. The van der Waals surface area contributed by atoms with Crippen LogP contribution in [0.15, 0.2) is 28.7 Å². The molecule has 1 aliphatic heterocycles. The normalized spacial score (nSPS) is 16.6. The maximum absolute atomic E-state index is 9.04. The van der Waals surface area contributed by atoms with Crippen molar-refractivity contribution in [3.05, 3.63) is 30.0 Å². The van der Waals surface area contributed by atoms with Crippen LogP contribution in [0.2, 0.25) is 0 Å². The second-order valence-electron chi connectivity index (χ2n) is 4.33. The molecule has 0 atom stereocenters. The average Bonchev–Trinajstić information content (AvgIpc) is 2.81. The summed E-state index contributed by atoms with van der Waals surface area (Å²) >= 11 is 0. The Labute approximate surface area is 99.8 Å². The van der Waals surface area contributed by atoms with E-state index in [9.17, 15) is 0 Å². The molecule has 1 aliphatic rings. The van der Waals surface area contributed by atoms with Gasteiger partial charge in [-0.25, -0.2) is 0 Å². The quantitative estimate of drug-likeness (QED) is 0.820. The van der Waals surface area contributed by atoms with Crippen LogP contribution in [-0.4, -0.2) is 31.3 Å². The van der Waals surface area contributed by atoms with Gasteiger partial charge in [-0.05, 0) is 24.3 Å². The van der Waals surface area contributed by atoms with Gasteiger partial charge in [0, 0.05) is 37.3 Å². The van der Waals surface area contributed by atoms with Gasteiger partial charge in [0.2, 0.25) is 0 Å². The van der Waals surface area contributed by atoms with Crippen molar-refractivity contribution in [2.75, 3.05) is 31.1 Å². The van der Waals surface area contributed by atoms with Gasteiger partial charge >= 0.3 is 0 Å². The summed E-state index contributed by atoms with van der Waals surface area (Å²) in [6.45, 7) is 4.10. The summed E-state index contributed by atoms with van der Waals surface area (Å²) in [7, 11) is 0. The SMILES string of the molecule is OCc1cc2cc(N3CCNCC3)ccc2o1. The molecule has 1 fully saturated rings. The minimum absolute atomic E-state index is 0.0440. The molecule has 1 aromatic carbocycles. The Morgan fingerprint density at radius 2 is 2.06 bits per heavy atom. The predicted octanol–water partition coefficient (Wildman–Crippen LogP) is 1.33. The number of nitrogens with zero attached hydrogens (tertiary/aromatic N) is 1. The first-order valence-electron chi connectivity index (χ1n) is 5.96. The van der Waals surface area contributed by atoms with Gasteiger partial charge in [-0.1, -0.05) is 0 Å². The number of nitrogens with one attached hydrogen (secondary N) is 1. The van der Waals surface area contributed by atoms with Gasteiger partial charge in [0.25, 0.3) is 0 Å². The lowest BCUT2D eigenvalue weighted by molar-refractivity contribution is 0.251. The van der Waals surface area contributed by atoms with Crippen LogP contribution in [0.3, 0.4) is 0 Å². The van der Waals surface area contributed by atoms with Crippen LogP contribution in [-0.2, 0) is 6.61 Å². The predicted molar refractivity (Wildman–Crippen MR) is 67.2 cm³/mol. The molecule has 90 valence electrons. The third kappa shape index (κ3) is 2.01. The highest BCUT2D eigenvalue weighted by molar-refractivity contribution is 5.82. The van der Waals surface area contributed by atoms with Crippen LogP contribution in [0.1, 0.15) is 5.76 Å². The largest absolute Gasteiger partial charge is 0.459 e. The first kappa shape index (κ1) is 10.6. The maximum Gasteiger partial charge on any atom is 0.134 e. The molecule has 2 heterocycles. The van der Waals surface area contributed by atoms with Gasteiger partial charge in [0.1, 0.15) is 18.0 Å². The highest BCUT2D eigenvalue weighted by Gasteiger charge is 2.11. The summed E-state index contributed by atoms with van der Waals surface area (Å²) in [4.78, 5) is 2.36. The van der Waals surface area contributed by atoms with Gasteiger partial charge in [-0.15, -0.1) is 0 Å². The number of anilines is 1. The van der Waals surface area contributed by atoms with E-state index in [4.69, 9.17) is 9.52 Å².